The highest BCUT2D eigenvalue weighted by atomic mass is 16.5. The fourth-order valence-electron chi connectivity index (χ4n) is 1.68. The van der Waals surface area contributed by atoms with Crippen LogP contribution in [-0.4, -0.2) is 38.2 Å². The van der Waals surface area contributed by atoms with E-state index < -0.39 is 0 Å². The van der Waals surface area contributed by atoms with Crippen molar-refractivity contribution in [2.45, 2.75) is 12.5 Å². The summed E-state index contributed by atoms with van der Waals surface area (Å²) in [4.78, 5) is 6.38. The molecule has 1 unspecified atom stereocenters. The van der Waals surface area contributed by atoms with Crippen LogP contribution in [0.15, 0.2) is 28.6 Å². The molecule has 0 amide bonds. The first-order valence-corrected chi connectivity index (χ1v) is 4.59. The lowest BCUT2D eigenvalue weighted by Crippen LogP contribution is -2.24. The normalized spacial score (nSPS) is 24.4. The first kappa shape index (κ1) is 9.27. The molecule has 2 rings (SSSR count). The fourth-order valence-corrected chi connectivity index (χ4v) is 1.68. The predicted molar refractivity (Wildman–Crippen MR) is 53.8 cm³/mol. The molecule has 1 heterocycles. The summed E-state index contributed by atoms with van der Waals surface area (Å²) in [5.74, 6) is 0.905. The van der Waals surface area contributed by atoms with E-state index in [9.17, 15) is 0 Å². The topological polar surface area (TPSA) is 34.1 Å². The number of hydrogen-bond donors (Lipinski definition) is 0. The molecule has 0 radical (unpaired) electrons. The van der Waals surface area contributed by atoms with E-state index in [1.54, 1.807) is 14.2 Å². The Hall–Kier alpha value is -1.29. The third-order valence-corrected chi connectivity index (χ3v) is 2.40. The van der Waals surface area contributed by atoms with Crippen molar-refractivity contribution in [2.24, 2.45) is 4.99 Å². The lowest BCUT2D eigenvalue weighted by atomic mass is 10.1. The average Bonchev–Trinajstić information content (AvgIpc) is 2.61. The van der Waals surface area contributed by atoms with Crippen LogP contribution in [0.4, 0.5) is 0 Å². The molecule has 14 heavy (non-hydrogen) atoms. The van der Waals surface area contributed by atoms with E-state index in [0.29, 0.717) is 6.73 Å². The summed E-state index contributed by atoms with van der Waals surface area (Å²) in [5, 5.41) is 0. The van der Waals surface area contributed by atoms with Crippen molar-refractivity contribution in [3.05, 3.63) is 23.6 Å². The average molecular weight is 194 g/mol. The van der Waals surface area contributed by atoms with Crippen LogP contribution in [0.1, 0.15) is 6.42 Å². The Morgan fingerprint density at radius 3 is 3.14 bits per heavy atom. The second kappa shape index (κ2) is 3.84. The van der Waals surface area contributed by atoms with Crippen LogP contribution in [0.25, 0.3) is 0 Å². The van der Waals surface area contributed by atoms with Crippen molar-refractivity contribution in [3.8, 4) is 0 Å². The maximum atomic E-state index is 5.19. The Labute approximate surface area is 83.5 Å². The van der Waals surface area contributed by atoms with Crippen molar-refractivity contribution in [2.75, 3.05) is 21.0 Å². The van der Waals surface area contributed by atoms with Crippen LogP contribution >= 0.6 is 0 Å². The minimum absolute atomic E-state index is 0.254. The Morgan fingerprint density at radius 2 is 2.43 bits per heavy atom. The second-order valence-electron chi connectivity index (χ2n) is 3.28. The van der Waals surface area contributed by atoms with E-state index in [1.807, 2.05) is 17.3 Å². The molecule has 0 aromatic rings. The molecule has 2 aliphatic rings. The number of hydrogen-bond acceptors (Lipinski definition) is 4. The Morgan fingerprint density at radius 1 is 1.57 bits per heavy atom. The van der Waals surface area contributed by atoms with Gasteiger partial charge >= 0.3 is 0 Å². The van der Waals surface area contributed by atoms with Crippen molar-refractivity contribution in [1.29, 1.82) is 0 Å². The van der Waals surface area contributed by atoms with Crippen LogP contribution in [0.5, 0.6) is 0 Å². The van der Waals surface area contributed by atoms with E-state index in [1.165, 1.54) is 0 Å². The highest BCUT2D eigenvalue weighted by molar-refractivity contribution is 5.64. The molecule has 4 nitrogen and oxygen atoms in total. The van der Waals surface area contributed by atoms with Crippen LogP contribution in [0.2, 0.25) is 0 Å². The van der Waals surface area contributed by atoms with Gasteiger partial charge in [-0.15, -0.1) is 0 Å². The maximum Gasteiger partial charge on any atom is 0.123 e. The van der Waals surface area contributed by atoms with Gasteiger partial charge in [0.2, 0.25) is 0 Å². The molecule has 0 N–H and O–H groups in total. The minimum atomic E-state index is 0.254. The van der Waals surface area contributed by atoms with Gasteiger partial charge in [0.1, 0.15) is 12.5 Å². The molecule has 0 aromatic carbocycles. The monoisotopic (exact) mass is 194 g/mol. The number of allylic oxidation sites excluding steroid dienone is 1. The largest absolute Gasteiger partial charge is 0.497 e. The number of rotatable bonds is 3. The molecule has 0 spiro atoms. The minimum Gasteiger partial charge on any atom is -0.497 e. The molecular formula is C10H14N2O2. The fraction of sp³-hybridized carbons (Fsp3) is 0.500. The number of ether oxygens (including phenoxy) is 2. The predicted octanol–water partition coefficient (Wildman–Crippen LogP) is 1.12. The summed E-state index contributed by atoms with van der Waals surface area (Å²) in [5.41, 5.74) is 1.16. The van der Waals surface area contributed by atoms with E-state index in [-0.39, 0.29) is 6.04 Å². The Bertz CT molecular complexity index is 307. The van der Waals surface area contributed by atoms with Gasteiger partial charge in [-0.2, -0.15) is 0 Å². The molecule has 0 bridgehead atoms. The van der Waals surface area contributed by atoms with Crippen LogP contribution in [0.3, 0.4) is 0 Å². The SMILES string of the molecule is COCN1C=NC2CC=C(OC)C=C21. The summed E-state index contributed by atoms with van der Waals surface area (Å²) in [6.45, 7) is 0.544. The van der Waals surface area contributed by atoms with Gasteiger partial charge in [0.25, 0.3) is 0 Å². The third-order valence-electron chi connectivity index (χ3n) is 2.40. The summed E-state index contributed by atoms with van der Waals surface area (Å²) in [6.07, 6.45) is 6.81. The lowest BCUT2D eigenvalue weighted by Gasteiger charge is -2.21. The number of fused-ring (bicyclic) bond motifs is 1. The van der Waals surface area contributed by atoms with Crippen molar-refractivity contribution >= 4 is 6.34 Å². The zero-order valence-electron chi connectivity index (χ0n) is 8.43. The van der Waals surface area contributed by atoms with Crippen molar-refractivity contribution in [3.63, 3.8) is 0 Å². The van der Waals surface area contributed by atoms with Gasteiger partial charge in [0.15, 0.2) is 0 Å². The van der Waals surface area contributed by atoms with Gasteiger partial charge in [-0.25, -0.2) is 0 Å². The molecule has 0 saturated heterocycles. The third kappa shape index (κ3) is 1.53. The summed E-state index contributed by atoms with van der Waals surface area (Å²) in [6, 6.07) is 0.254. The van der Waals surface area contributed by atoms with E-state index >= 15 is 0 Å². The second-order valence-corrected chi connectivity index (χ2v) is 3.28. The molecular weight excluding hydrogens is 180 g/mol. The van der Waals surface area contributed by atoms with E-state index in [4.69, 9.17) is 9.47 Å². The first-order valence-electron chi connectivity index (χ1n) is 4.59. The van der Waals surface area contributed by atoms with Crippen molar-refractivity contribution < 1.29 is 9.47 Å². The highest BCUT2D eigenvalue weighted by Crippen LogP contribution is 2.27. The zero-order valence-corrected chi connectivity index (χ0v) is 8.43. The summed E-state index contributed by atoms with van der Waals surface area (Å²) >= 11 is 0. The molecule has 4 heteroatoms. The van der Waals surface area contributed by atoms with Gasteiger partial charge in [-0.05, 0) is 12.5 Å². The van der Waals surface area contributed by atoms with Gasteiger partial charge in [-0.1, -0.05) is 0 Å². The van der Waals surface area contributed by atoms with E-state index in [2.05, 4.69) is 11.1 Å². The van der Waals surface area contributed by atoms with Gasteiger partial charge in [0, 0.05) is 18.9 Å². The number of aliphatic imine (C=N–C) groups is 1. The van der Waals surface area contributed by atoms with Crippen LogP contribution < -0.4 is 0 Å². The van der Waals surface area contributed by atoms with Gasteiger partial charge < -0.3 is 14.4 Å². The van der Waals surface area contributed by atoms with Crippen LogP contribution in [-0.2, 0) is 9.47 Å². The molecule has 76 valence electrons. The molecule has 1 aliphatic carbocycles. The van der Waals surface area contributed by atoms with Crippen LogP contribution in [0, 0.1) is 0 Å². The smallest absolute Gasteiger partial charge is 0.123 e. The first-order chi connectivity index (χ1) is 6.85. The van der Waals surface area contributed by atoms with Crippen molar-refractivity contribution in [1.82, 2.24) is 4.90 Å². The molecule has 1 aliphatic heterocycles. The molecule has 0 fully saturated rings. The Balaban J connectivity index is 2.15. The Kier molecular flexibility index (Phi) is 2.54. The zero-order chi connectivity index (χ0) is 9.97. The maximum absolute atomic E-state index is 5.19. The quantitative estimate of drug-likeness (QED) is 0.675. The van der Waals surface area contributed by atoms with Gasteiger partial charge in [-0.3, -0.25) is 4.99 Å². The lowest BCUT2D eigenvalue weighted by molar-refractivity contribution is 0.130. The number of nitrogens with zero attached hydrogens (tertiary/aromatic N) is 2. The summed E-state index contributed by atoms with van der Waals surface area (Å²) < 4.78 is 10.3. The molecule has 1 atom stereocenters. The summed E-state index contributed by atoms with van der Waals surface area (Å²) in [7, 11) is 3.36. The number of methoxy groups -OCH3 is 2. The highest BCUT2D eigenvalue weighted by Gasteiger charge is 2.26. The molecule has 0 saturated carbocycles. The molecule has 0 aromatic heterocycles. The van der Waals surface area contributed by atoms with E-state index in [0.717, 1.165) is 17.9 Å². The van der Waals surface area contributed by atoms with Gasteiger partial charge in [0.05, 0.1) is 19.5 Å². The standard InChI is InChI=1S/C10H14N2O2/c1-13-7-12-6-11-9-4-3-8(14-2)5-10(9)12/h3,5-6,9H,4,7H2,1-2H3.